The van der Waals surface area contributed by atoms with E-state index in [9.17, 15) is 9.59 Å². The first-order valence-corrected chi connectivity index (χ1v) is 8.61. The van der Waals surface area contributed by atoms with Gasteiger partial charge in [-0.05, 0) is 54.1 Å². The Morgan fingerprint density at radius 3 is 2.00 bits per heavy atom. The summed E-state index contributed by atoms with van der Waals surface area (Å²) in [5, 5.41) is 0. The number of nitrogens with one attached hydrogen (secondary N) is 1. The largest absolute Gasteiger partial charge is 0.497 e. The number of aromatic amines is 1. The molecule has 1 heterocycles. The highest BCUT2D eigenvalue weighted by atomic mass is 16.5. The molecular weight excluding hydrogens is 342 g/mol. The van der Waals surface area contributed by atoms with Crippen molar-refractivity contribution in [2.45, 2.75) is 12.3 Å². The summed E-state index contributed by atoms with van der Waals surface area (Å²) in [6.07, 6.45) is 1.78. The van der Waals surface area contributed by atoms with Gasteiger partial charge in [-0.2, -0.15) is 0 Å². The molecule has 1 N–H and O–H groups in total. The summed E-state index contributed by atoms with van der Waals surface area (Å²) >= 11 is 0. The van der Waals surface area contributed by atoms with Crippen molar-refractivity contribution >= 4 is 11.6 Å². The molecule has 0 aliphatic heterocycles. The van der Waals surface area contributed by atoms with Crippen LogP contribution in [0.1, 0.15) is 38.7 Å². The Bertz CT molecular complexity index is 897. The Balaban J connectivity index is 1.91. The molecule has 27 heavy (non-hydrogen) atoms. The number of H-pyrrole nitrogens is 1. The van der Waals surface area contributed by atoms with Crippen LogP contribution < -0.4 is 9.47 Å². The predicted octanol–water partition coefficient (Wildman–Crippen LogP) is 4.27. The lowest BCUT2D eigenvalue weighted by atomic mass is 9.86. The first kappa shape index (κ1) is 18.5. The van der Waals surface area contributed by atoms with Crippen LogP contribution in [0.25, 0.3) is 0 Å². The van der Waals surface area contributed by atoms with Crippen LogP contribution in [0.4, 0.5) is 0 Å². The second kappa shape index (κ2) is 8.36. The topological polar surface area (TPSA) is 68.4 Å². The fourth-order valence-electron chi connectivity index (χ4n) is 2.95. The normalized spacial score (nSPS) is 11.6. The van der Waals surface area contributed by atoms with Crippen LogP contribution in [0.3, 0.4) is 0 Å². The molecule has 0 spiro atoms. The van der Waals surface area contributed by atoms with Crippen LogP contribution in [-0.4, -0.2) is 30.8 Å². The molecule has 1 unspecified atom stereocenters. The van der Waals surface area contributed by atoms with Crippen LogP contribution in [0, 0.1) is 0 Å². The van der Waals surface area contributed by atoms with Gasteiger partial charge in [0.05, 0.1) is 25.8 Å². The Labute approximate surface area is 157 Å². The van der Waals surface area contributed by atoms with Crippen molar-refractivity contribution in [1.29, 1.82) is 0 Å². The summed E-state index contributed by atoms with van der Waals surface area (Å²) in [5.41, 5.74) is 1.81. The third-order valence-electron chi connectivity index (χ3n) is 4.50. The van der Waals surface area contributed by atoms with Crippen LogP contribution >= 0.6 is 0 Å². The lowest BCUT2D eigenvalue weighted by Crippen LogP contribution is -2.17. The quantitative estimate of drug-likeness (QED) is 0.607. The first-order chi connectivity index (χ1) is 13.1. The molecule has 3 rings (SSSR count). The van der Waals surface area contributed by atoms with E-state index in [1.54, 1.807) is 68.9 Å². The molecule has 5 heteroatoms. The van der Waals surface area contributed by atoms with Crippen molar-refractivity contribution in [3.63, 3.8) is 0 Å². The first-order valence-electron chi connectivity index (χ1n) is 8.61. The number of aromatic nitrogens is 1. The van der Waals surface area contributed by atoms with Crippen molar-refractivity contribution in [2.75, 3.05) is 14.2 Å². The van der Waals surface area contributed by atoms with Crippen LogP contribution in [0.15, 0.2) is 66.9 Å². The van der Waals surface area contributed by atoms with E-state index in [4.69, 9.17) is 9.47 Å². The van der Waals surface area contributed by atoms with E-state index < -0.39 is 5.92 Å². The van der Waals surface area contributed by atoms with Gasteiger partial charge in [-0.25, -0.2) is 0 Å². The second-order valence-corrected chi connectivity index (χ2v) is 6.13. The molecule has 0 saturated heterocycles. The summed E-state index contributed by atoms with van der Waals surface area (Å²) in [5.74, 6) is 0.575. The number of methoxy groups -OCH3 is 2. The maximum Gasteiger partial charge on any atom is 0.180 e. The molecule has 0 aliphatic rings. The zero-order chi connectivity index (χ0) is 19.2. The highest BCUT2D eigenvalue weighted by molar-refractivity contribution is 6.05. The summed E-state index contributed by atoms with van der Waals surface area (Å²) < 4.78 is 10.3. The number of carbonyl (C=O) groups is 2. The van der Waals surface area contributed by atoms with Crippen LogP contribution in [0.5, 0.6) is 11.5 Å². The van der Waals surface area contributed by atoms with Crippen molar-refractivity contribution in [3.05, 3.63) is 83.7 Å². The smallest absolute Gasteiger partial charge is 0.180 e. The molecule has 0 radical (unpaired) electrons. The zero-order valence-corrected chi connectivity index (χ0v) is 15.3. The van der Waals surface area contributed by atoms with Crippen LogP contribution in [-0.2, 0) is 0 Å². The van der Waals surface area contributed by atoms with E-state index in [-0.39, 0.29) is 18.0 Å². The minimum Gasteiger partial charge on any atom is -0.497 e. The van der Waals surface area contributed by atoms with Gasteiger partial charge in [-0.1, -0.05) is 12.1 Å². The molecule has 0 fully saturated rings. The van der Waals surface area contributed by atoms with Crippen molar-refractivity contribution in [1.82, 2.24) is 4.98 Å². The van der Waals surface area contributed by atoms with Crippen molar-refractivity contribution < 1.29 is 19.1 Å². The molecule has 1 aromatic heterocycles. The molecule has 2 aromatic carbocycles. The SMILES string of the molecule is COc1ccc(C(=O)C(CC(=O)c2ccc[nH]2)c2ccc(OC)cc2)cc1. The van der Waals surface area contributed by atoms with E-state index in [1.165, 1.54) is 0 Å². The molecular formula is C22H21NO4. The Morgan fingerprint density at radius 2 is 1.48 bits per heavy atom. The van der Waals surface area contributed by atoms with Gasteiger partial charge in [0.1, 0.15) is 11.5 Å². The number of ketones is 2. The van der Waals surface area contributed by atoms with Gasteiger partial charge in [0.25, 0.3) is 0 Å². The Hall–Kier alpha value is -3.34. The highest BCUT2D eigenvalue weighted by Crippen LogP contribution is 2.28. The fraction of sp³-hybridized carbons (Fsp3) is 0.182. The molecule has 0 aliphatic carbocycles. The summed E-state index contributed by atoms with van der Waals surface area (Å²) in [6.45, 7) is 0. The maximum atomic E-state index is 13.2. The Kier molecular flexibility index (Phi) is 5.71. The maximum absolute atomic E-state index is 13.2. The summed E-state index contributed by atoms with van der Waals surface area (Å²) in [7, 11) is 3.16. The molecule has 0 saturated carbocycles. The van der Waals surface area contributed by atoms with E-state index in [0.29, 0.717) is 22.8 Å². The van der Waals surface area contributed by atoms with E-state index >= 15 is 0 Å². The lowest BCUT2D eigenvalue weighted by Gasteiger charge is -2.16. The minimum absolute atomic E-state index is 0.0811. The molecule has 0 amide bonds. The van der Waals surface area contributed by atoms with Gasteiger partial charge in [0, 0.05) is 18.2 Å². The number of carbonyl (C=O) groups excluding carboxylic acids is 2. The lowest BCUT2D eigenvalue weighted by molar-refractivity contribution is 0.0891. The molecule has 3 aromatic rings. The number of rotatable bonds is 8. The number of Topliss-reactive ketones (excluding diaryl/α,β-unsaturated/α-hetero) is 2. The highest BCUT2D eigenvalue weighted by Gasteiger charge is 2.26. The average Bonchev–Trinajstić information content (AvgIpc) is 3.26. The third-order valence-corrected chi connectivity index (χ3v) is 4.50. The zero-order valence-electron chi connectivity index (χ0n) is 15.3. The van der Waals surface area contributed by atoms with Gasteiger partial charge >= 0.3 is 0 Å². The molecule has 1 atom stereocenters. The molecule has 138 valence electrons. The van der Waals surface area contributed by atoms with E-state index in [2.05, 4.69) is 4.98 Å². The summed E-state index contributed by atoms with van der Waals surface area (Å²) in [4.78, 5) is 28.7. The number of benzene rings is 2. The summed E-state index contributed by atoms with van der Waals surface area (Å²) in [6, 6.07) is 17.6. The van der Waals surface area contributed by atoms with Crippen LogP contribution in [0.2, 0.25) is 0 Å². The van der Waals surface area contributed by atoms with Crippen molar-refractivity contribution in [2.24, 2.45) is 0 Å². The molecule has 5 nitrogen and oxygen atoms in total. The van der Waals surface area contributed by atoms with E-state index in [0.717, 1.165) is 5.56 Å². The number of hydrogen-bond acceptors (Lipinski definition) is 4. The van der Waals surface area contributed by atoms with E-state index in [1.807, 2.05) is 12.1 Å². The Morgan fingerprint density at radius 1 is 0.889 bits per heavy atom. The standard InChI is InChI=1S/C22H21NO4/c1-26-17-9-5-15(6-10-17)19(14-21(24)20-4-3-13-23-20)22(25)16-7-11-18(27-2)12-8-16/h3-13,19,23H,14H2,1-2H3. The van der Waals surface area contributed by atoms with Gasteiger partial charge in [-0.3, -0.25) is 9.59 Å². The fourth-order valence-corrected chi connectivity index (χ4v) is 2.95. The van der Waals surface area contributed by atoms with Crippen molar-refractivity contribution in [3.8, 4) is 11.5 Å². The van der Waals surface area contributed by atoms with Gasteiger partial charge in [0.2, 0.25) is 0 Å². The number of ether oxygens (including phenoxy) is 2. The number of hydrogen-bond donors (Lipinski definition) is 1. The van der Waals surface area contributed by atoms with Gasteiger partial charge < -0.3 is 14.5 Å². The van der Waals surface area contributed by atoms with Gasteiger partial charge in [0.15, 0.2) is 11.6 Å². The minimum atomic E-state index is -0.583. The second-order valence-electron chi connectivity index (χ2n) is 6.13. The monoisotopic (exact) mass is 363 g/mol. The predicted molar refractivity (Wildman–Crippen MR) is 103 cm³/mol. The van der Waals surface area contributed by atoms with Gasteiger partial charge in [-0.15, -0.1) is 0 Å². The molecule has 0 bridgehead atoms. The third kappa shape index (κ3) is 4.26. The average molecular weight is 363 g/mol.